The molecule has 1 aromatic heterocycles. The molecule has 42 heavy (non-hydrogen) atoms. The molecule has 12 nitrogen and oxygen atoms in total. The molecule has 0 bridgehead atoms. The zero-order chi connectivity index (χ0) is 31.2. The highest BCUT2D eigenvalue weighted by Gasteiger charge is 2.38. The monoisotopic (exact) mass is 643 g/mol. The van der Waals surface area contributed by atoms with Crippen molar-refractivity contribution in [3.05, 3.63) is 52.1 Å². The number of thiazole rings is 1. The lowest BCUT2D eigenvalue weighted by molar-refractivity contribution is 0.0608. The van der Waals surface area contributed by atoms with Crippen LogP contribution in [0, 0.1) is 5.82 Å². The molecule has 16 heteroatoms. The number of hydrogen-bond acceptors (Lipinski definition) is 11. The summed E-state index contributed by atoms with van der Waals surface area (Å²) >= 11 is 7.50. The Morgan fingerprint density at radius 1 is 1.17 bits per heavy atom. The summed E-state index contributed by atoms with van der Waals surface area (Å²) in [5.41, 5.74) is 1.39. The van der Waals surface area contributed by atoms with Gasteiger partial charge in [0, 0.05) is 31.6 Å². The van der Waals surface area contributed by atoms with E-state index in [1.807, 2.05) is 0 Å². The Hall–Kier alpha value is -3.82. The molecule has 0 aliphatic heterocycles. The van der Waals surface area contributed by atoms with Crippen LogP contribution in [0.15, 0.2) is 46.1 Å². The quantitative estimate of drug-likeness (QED) is 0.286. The number of carbonyl (C=O) groups excluding carboxylic acids is 2. The number of likely N-dealkylation sites (N-methyl/N-ethyl adjacent to an activating group) is 1. The molecule has 1 heterocycles. The number of alkyl carbamates (subject to hydrolysis) is 1. The maximum absolute atomic E-state index is 15.5. The fraction of sp³-hybridized carbons (Fsp3) is 0.346. The predicted molar refractivity (Wildman–Crippen MR) is 159 cm³/mol. The minimum absolute atomic E-state index is 0.0482. The first-order valence-electron chi connectivity index (χ1n) is 12.3. The van der Waals surface area contributed by atoms with E-state index >= 15 is 4.39 Å². The number of carbonyl (C=O) groups is 2. The van der Waals surface area contributed by atoms with Gasteiger partial charge in [0.2, 0.25) is 0 Å². The van der Waals surface area contributed by atoms with E-state index in [-0.39, 0.29) is 23.1 Å². The van der Waals surface area contributed by atoms with Gasteiger partial charge < -0.3 is 29.7 Å². The molecule has 0 spiro atoms. The summed E-state index contributed by atoms with van der Waals surface area (Å²) in [5.74, 6) is -0.899. The van der Waals surface area contributed by atoms with Gasteiger partial charge in [-0.1, -0.05) is 11.6 Å². The second kappa shape index (κ2) is 13.4. The normalized spacial score (nSPS) is 11.4. The lowest BCUT2D eigenvalue weighted by Gasteiger charge is -2.26. The molecular formula is C26H31ClFN5O7S2. The number of aromatic nitrogens is 1. The standard InChI is InChI=1S/C26H31ClFN5O7S2/c1-26(2,3)40-25(35)33(23-14-41-15-30-23)42(36,37)22-12-17(27)20(13-18(22)28)31-19-8-7-16(38-6)11-21(19)32(5)9-10-39-24(34)29-4/h7-8,11-15,31H,9-10H2,1-6H3,(H,29,34). The third-order valence-corrected chi connectivity index (χ3v) is 8.05. The van der Waals surface area contributed by atoms with Gasteiger partial charge in [0.25, 0.3) is 10.0 Å². The van der Waals surface area contributed by atoms with E-state index in [0.717, 1.165) is 23.5 Å². The molecule has 0 saturated carbocycles. The second-order valence-electron chi connectivity index (χ2n) is 9.67. The molecule has 0 fully saturated rings. The van der Waals surface area contributed by atoms with Crippen molar-refractivity contribution in [1.29, 1.82) is 0 Å². The first-order valence-corrected chi connectivity index (χ1v) is 15.1. The average Bonchev–Trinajstić information content (AvgIpc) is 3.43. The summed E-state index contributed by atoms with van der Waals surface area (Å²) in [6.45, 7) is 5.06. The molecule has 2 N–H and O–H groups in total. The number of amides is 2. The predicted octanol–water partition coefficient (Wildman–Crippen LogP) is 5.61. The van der Waals surface area contributed by atoms with Crippen LogP contribution in [0.5, 0.6) is 5.75 Å². The van der Waals surface area contributed by atoms with Crippen LogP contribution in [0.2, 0.25) is 5.02 Å². The number of halogens is 2. The lowest BCUT2D eigenvalue weighted by Crippen LogP contribution is -2.41. The van der Waals surface area contributed by atoms with E-state index in [4.69, 9.17) is 25.8 Å². The van der Waals surface area contributed by atoms with E-state index in [9.17, 15) is 18.0 Å². The van der Waals surface area contributed by atoms with Crippen LogP contribution in [0.3, 0.4) is 0 Å². The molecule has 0 atom stereocenters. The van der Waals surface area contributed by atoms with Crippen molar-refractivity contribution in [1.82, 2.24) is 10.3 Å². The smallest absolute Gasteiger partial charge is 0.430 e. The highest BCUT2D eigenvalue weighted by Crippen LogP contribution is 2.37. The van der Waals surface area contributed by atoms with E-state index in [0.29, 0.717) is 28.0 Å². The van der Waals surface area contributed by atoms with Crippen molar-refractivity contribution < 1.29 is 36.6 Å². The Kier molecular flexibility index (Phi) is 10.5. The van der Waals surface area contributed by atoms with Crippen LogP contribution in [0.1, 0.15) is 20.8 Å². The van der Waals surface area contributed by atoms with Crippen LogP contribution >= 0.6 is 22.9 Å². The molecule has 0 saturated heterocycles. The van der Waals surface area contributed by atoms with Crippen molar-refractivity contribution in [2.45, 2.75) is 31.3 Å². The minimum Gasteiger partial charge on any atom is -0.497 e. The maximum Gasteiger partial charge on any atom is 0.430 e. The van der Waals surface area contributed by atoms with E-state index in [1.165, 1.54) is 25.0 Å². The van der Waals surface area contributed by atoms with Gasteiger partial charge in [0.05, 0.1) is 41.2 Å². The van der Waals surface area contributed by atoms with Crippen LogP contribution in [-0.2, 0) is 19.5 Å². The number of hydrogen-bond donors (Lipinski definition) is 2. The van der Waals surface area contributed by atoms with Crippen molar-refractivity contribution >= 4 is 68.0 Å². The Labute approximate surface area is 252 Å². The van der Waals surface area contributed by atoms with Crippen molar-refractivity contribution in [2.24, 2.45) is 0 Å². The third-order valence-electron chi connectivity index (χ3n) is 5.48. The molecule has 0 aliphatic carbocycles. The zero-order valence-corrected chi connectivity index (χ0v) is 26.1. The van der Waals surface area contributed by atoms with Gasteiger partial charge in [-0.2, -0.15) is 0 Å². The van der Waals surface area contributed by atoms with E-state index in [1.54, 1.807) is 50.9 Å². The summed E-state index contributed by atoms with van der Waals surface area (Å²) in [7, 11) is -0.153. The first kappa shape index (κ1) is 32.7. The minimum atomic E-state index is -4.84. The Balaban J connectivity index is 1.97. The number of rotatable bonds is 10. The molecule has 0 radical (unpaired) electrons. The molecular weight excluding hydrogens is 613 g/mol. The highest BCUT2D eigenvalue weighted by molar-refractivity contribution is 7.93. The maximum atomic E-state index is 15.5. The lowest BCUT2D eigenvalue weighted by atomic mass is 10.2. The zero-order valence-electron chi connectivity index (χ0n) is 23.7. The van der Waals surface area contributed by atoms with Gasteiger partial charge in [-0.25, -0.2) is 27.4 Å². The number of methoxy groups -OCH3 is 1. The van der Waals surface area contributed by atoms with E-state index in [2.05, 4.69) is 15.6 Å². The highest BCUT2D eigenvalue weighted by atomic mass is 35.5. The Morgan fingerprint density at radius 3 is 2.48 bits per heavy atom. The first-order chi connectivity index (χ1) is 19.7. The molecule has 3 aromatic rings. The average molecular weight is 644 g/mol. The number of nitrogens with zero attached hydrogens (tertiary/aromatic N) is 3. The molecule has 0 aliphatic rings. The summed E-state index contributed by atoms with van der Waals surface area (Å²) in [5, 5.41) is 6.54. The number of sulfonamides is 1. The molecule has 3 rings (SSSR count). The molecule has 0 unspecified atom stereocenters. The number of anilines is 4. The van der Waals surface area contributed by atoms with Crippen LogP contribution in [0.4, 0.5) is 36.9 Å². The van der Waals surface area contributed by atoms with Crippen LogP contribution < -0.4 is 24.6 Å². The van der Waals surface area contributed by atoms with Gasteiger partial charge >= 0.3 is 12.2 Å². The van der Waals surface area contributed by atoms with Gasteiger partial charge in [-0.3, -0.25) is 0 Å². The van der Waals surface area contributed by atoms with Gasteiger partial charge in [-0.05, 0) is 39.0 Å². The van der Waals surface area contributed by atoms with Gasteiger partial charge in [0.1, 0.15) is 28.7 Å². The summed E-state index contributed by atoms with van der Waals surface area (Å²) in [6.07, 6.45) is -1.83. The van der Waals surface area contributed by atoms with Gasteiger partial charge in [-0.15, -0.1) is 15.6 Å². The molecule has 2 aromatic carbocycles. The second-order valence-corrected chi connectivity index (χ2v) is 12.6. The third kappa shape index (κ3) is 7.92. The Bertz CT molecular complexity index is 1530. The Morgan fingerprint density at radius 2 is 1.88 bits per heavy atom. The molecule has 2 amide bonds. The van der Waals surface area contributed by atoms with Crippen molar-refractivity contribution in [3.63, 3.8) is 0 Å². The summed E-state index contributed by atoms with van der Waals surface area (Å²) in [6, 6.07) is 6.85. The van der Waals surface area contributed by atoms with Crippen molar-refractivity contribution in [2.75, 3.05) is 48.9 Å². The molecule has 228 valence electrons. The van der Waals surface area contributed by atoms with E-state index < -0.39 is 38.5 Å². The summed E-state index contributed by atoms with van der Waals surface area (Å²) < 4.78 is 58.7. The van der Waals surface area contributed by atoms with Crippen LogP contribution in [-0.4, -0.2) is 65.5 Å². The van der Waals surface area contributed by atoms with Crippen molar-refractivity contribution in [3.8, 4) is 5.75 Å². The number of benzene rings is 2. The topological polar surface area (TPSA) is 139 Å². The SMILES string of the molecule is CNC(=O)OCCN(C)c1cc(OC)ccc1Nc1cc(F)c(S(=O)(=O)N(C(=O)OC(C)(C)C)c2cscn2)cc1Cl. The number of ether oxygens (including phenoxy) is 3. The fourth-order valence-corrected chi connectivity index (χ4v) is 5.73. The number of nitrogens with one attached hydrogen (secondary N) is 2. The summed E-state index contributed by atoms with van der Waals surface area (Å²) in [4.78, 5) is 29.2. The largest absolute Gasteiger partial charge is 0.497 e. The fourth-order valence-electron chi connectivity index (χ4n) is 3.52. The van der Waals surface area contributed by atoms with Crippen LogP contribution in [0.25, 0.3) is 0 Å². The van der Waals surface area contributed by atoms with Gasteiger partial charge in [0.15, 0.2) is 5.82 Å².